The third-order valence-corrected chi connectivity index (χ3v) is 3.92. The molecular weight excluding hydrogens is 330 g/mol. The first-order valence-corrected chi connectivity index (χ1v) is 7.12. The Morgan fingerprint density at radius 3 is 2.63 bits per heavy atom. The molecule has 0 atom stereocenters. The topological polar surface area (TPSA) is 47.3 Å². The van der Waals surface area contributed by atoms with Gasteiger partial charge in [-0.15, -0.1) is 0 Å². The lowest BCUT2D eigenvalue weighted by molar-refractivity contribution is 0.0652. The molecule has 6 heteroatoms. The third-order valence-electron chi connectivity index (χ3n) is 3.12. The predicted molar refractivity (Wildman–Crippen MR) is 77.1 cm³/mol. The van der Waals surface area contributed by atoms with E-state index in [-0.39, 0.29) is 5.91 Å². The molecule has 0 aliphatic carbocycles. The van der Waals surface area contributed by atoms with E-state index >= 15 is 0 Å². The van der Waals surface area contributed by atoms with Gasteiger partial charge < -0.3 is 4.90 Å². The molecule has 19 heavy (non-hydrogen) atoms. The molecule has 2 rings (SSSR count). The lowest BCUT2D eigenvalue weighted by atomic mass is 10.2. The molecule has 1 heterocycles. The van der Waals surface area contributed by atoms with Gasteiger partial charge in [0.05, 0.1) is 23.2 Å². The summed E-state index contributed by atoms with van der Waals surface area (Å²) in [5.41, 5.74) is 0.526. The summed E-state index contributed by atoms with van der Waals surface area (Å²) in [6, 6.07) is 7.39. The highest BCUT2D eigenvalue weighted by Crippen LogP contribution is 2.23. The number of hydrogen-bond donors (Lipinski definition) is 0. The second-order valence-electron chi connectivity index (χ2n) is 4.35. The fraction of sp³-hybridized carbons (Fsp3) is 0.385. The Hall–Kier alpha value is -1.09. The van der Waals surface area contributed by atoms with Crippen molar-refractivity contribution in [2.45, 2.75) is 0 Å². The van der Waals surface area contributed by atoms with E-state index in [1.54, 1.807) is 17.0 Å². The van der Waals surface area contributed by atoms with Crippen LogP contribution in [-0.2, 0) is 0 Å². The summed E-state index contributed by atoms with van der Waals surface area (Å²) in [5, 5.41) is 9.10. The van der Waals surface area contributed by atoms with Crippen molar-refractivity contribution >= 4 is 33.4 Å². The number of hydrogen-bond acceptors (Lipinski definition) is 3. The van der Waals surface area contributed by atoms with Gasteiger partial charge in [0.2, 0.25) is 0 Å². The van der Waals surface area contributed by atoms with Gasteiger partial charge >= 0.3 is 0 Å². The number of nitriles is 1. The van der Waals surface area contributed by atoms with E-state index in [0.717, 1.165) is 17.6 Å². The number of carbonyl (C=O) groups excluding carboxylic acids is 1. The van der Waals surface area contributed by atoms with Crippen LogP contribution < -0.4 is 0 Å². The Labute approximate surface area is 125 Å². The van der Waals surface area contributed by atoms with Crippen molar-refractivity contribution in [3.05, 3.63) is 33.3 Å². The zero-order chi connectivity index (χ0) is 13.8. The van der Waals surface area contributed by atoms with E-state index in [0.29, 0.717) is 30.2 Å². The molecule has 0 aromatic heterocycles. The van der Waals surface area contributed by atoms with Gasteiger partial charge in [0.1, 0.15) is 0 Å². The lowest BCUT2D eigenvalue weighted by Crippen LogP contribution is -2.48. The number of rotatable bonds is 2. The van der Waals surface area contributed by atoms with Crippen molar-refractivity contribution in [1.29, 1.82) is 5.26 Å². The molecule has 1 amide bonds. The first-order chi connectivity index (χ1) is 9.11. The highest BCUT2D eigenvalue weighted by atomic mass is 79.9. The molecule has 4 nitrogen and oxygen atoms in total. The maximum atomic E-state index is 12.3. The summed E-state index contributed by atoms with van der Waals surface area (Å²) in [4.78, 5) is 16.2. The second-order valence-corrected chi connectivity index (χ2v) is 5.67. The van der Waals surface area contributed by atoms with Gasteiger partial charge in [-0.1, -0.05) is 27.5 Å². The molecule has 1 fully saturated rings. The monoisotopic (exact) mass is 341 g/mol. The van der Waals surface area contributed by atoms with Crippen LogP contribution in [0.15, 0.2) is 22.7 Å². The van der Waals surface area contributed by atoms with Crippen molar-refractivity contribution in [2.24, 2.45) is 0 Å². The molecule has 0 spiro atoms. The second kappa shape index (κ2) is 6.38. The maximum Gasteiger partial charge on any atom is 0.255 e. The summed E-state index contributed by atoms with van der Waals surface area (Å²) in [7, 11) is 0. The quantitative estimate of drug-likeness (QED) is 0.775. The van der Waals surface area contributed by atoms with Crippen molar-refractivity contribution in [2.75, 3.05) is 32.7 Å². The molecule has 0 N–H and O–H groups in total. The van der Waals surface area contributed by atoms with Crippen LogP contribution in [0.4, 0.5) is 0 Å². The number of carbonyl (C=O) groups is 1. The zero-order valence-corrected chi connectivity index (χ0v) is 12.6. The zero-order valence-electron chi connectivity index (χ0n) is 10.3. The normalized spacial score (nSPS) is 16.2. The largest absolute Gasteiger partial charge is 0.336 e. The van der Waals surface area contributed by atoms with Crippen LogP contribution in [0.1, 0.15) is 10.4 Å². The number of nitrogens with zero attached hydrogens (tertiary/aromatic N) is 3. The Kier molecular flexibility index (Phi) is 4.81. The molecule has 0 bridgehead atoms. The molecule has 1 aromatic rings. The molecule has 1 saturated heterocycles. The van der Waals surface area contributed by atoms with E-state index in [9.17, 15) is 4.79 Å². The standard InChI is InChI=1S/C13H13BrClN3O/c14-10-1-2-11(12(15)9-10)13(19)18-7-5-17(4-3-16)6-8-18/h1-2,9H,4-8H2. The minimum absolute atomic E-state index is 0.0471. The summed E-state index contributed by atoms with van der Waals surface area (Å²) < 4.78 is 0.855. The van der Waals surface area contributed by atoms with Crippen LogP contribution in [0.5, 0.6) is 0 Å². The fourth-order valence-electron chi connectivity index (χ4n) is 2.04. The number of piperazine rings is 1. The van der Waals surface area contributed by atoms with Gasteiger partial charge in [-0.2, -0.15) is 5.26 Å². The fourth-order valence-corrected chi connectivity index (χ4v) is 2.80. The van der Waals surface area contributed by atoms with Crippen LogP contribution in [0.2, 0.25) is 5.02 Å². The van der Waals surface area contributed by atoms with Crippen LogP contribution in [-0.4, -0.2) is 48.4 Å². The third kappa shape index (κ3) is 3.47. The van der Waals surface area contributed by atoms with Gasteiger partial charge in [0.25, 0.3) is 5.91 Å². The van der Waals surface area contributed by atoms with Crippen molar-refractivity contribution in [3.8, 4) is 6.07 Å². The molecule has 1 aliphatic rings. The average molecular weight is 343 g/mol. The van der Waals surface area contributed by atoms with Gasteiger partial charge in [0, 0.05) is 30.7 Å². The molecular formula is C13H13BrClN3O. The van der Waals surface area contributed by atoms with Gasteiger partial charge in [0.15, 0.2) is 0 Å². The molecule has 1 aliphatic heterocycles. The van der Waals surface area contributed by atoms with Gasteiger partial charge in [-0.25, -0.2) is 0 Å². The van der Waals surface area contributed by atoms with Crippen molar-refractivity contribution < 1.29 is 4.79 Å². The Morgan fingerprint density at radius 2 is 2.05 bits per heavy atom. The lowest BCUT2D eigenvalue weighted by Gasteiger charge is -2.33. The van der Waals surface area contributed by atoms with Gasteiger partial charge in [-0.3, -0.25) is 9.69 Å². The summed E-state index contributed by atoms with van der Waals surface area (Å²) in [5.74, 6) is -0.0471. The van der Waals surface area contributed by atoms with Crippen LogP contribution in [0.3, 0.4) is 0 Å². The van der Waals surface area contributed by atoms with Crippen LogP contribution in [0.25, 0.3) is 0 Å². The Bertz CT molecular complexity index is 521. The smallest absolute Gasteiger partial charge is 0.255 e. The molecule has 0 unspecified atom stereocenters. The van der Waals surface area contributed by atoms with E-state index in [4.69, 9.17) is 16.9 Å². The van der Waals surface area contributed by atoms with Crippen LogP contribution >= 0.6 is 27.5 Å². The minimum Gasteiger partial charge on any atom is -0.336 e. The molecule has 1 aromatic carbocycles. The van der Waals surface area contributed by atoms with Crippen molar-refractivity contribution in [3.63, 3.8) is 0 Å². The van der Waals surface area contributed by atoms with E-state index < -0.39 is 0 Å². The van der Waals surface area contributed by atoms with E-state index in [2.05, 4.69) is 22.0 Å². The number of benzene rings is 1. The van der Waals surface area contributed by atoms with E-state index in [1.165, 1.54) is 0 Å². The van der Waals surface area contributed by atoms with Crippen molar-refractivity contribution in [1.82, 2.24) is 9.80 Å². The maximum absolute atomic E-state index is 12.3. The predicted octanol–water partition coefficient (Wildman–Crippen LogP) is 2.38. The SMILES string of the molecule is N#CCN1CCN(C(=O)c2ccc(Br)cc2Cl)CC1. The van der Waals surface area contributed by atoms with E-state index in [1.807, 2.05) is 11.0 Å². The molecule has 0 radical (unpaired) electrons. The summed E-state index contributed by atoms with van der Waals surface area (Å²) in [6.45, 7) is 3.14. The number of amides is 1. The minimum atomic E-state index is -0.0471. The average Bonchev–Trinajstić information content (AvgIpc) is 2.39. The van der Waals surface area contributed by atoms with Gasteiger partial charge in [-0.05, 0) is 18.2 Å². The first-order valence-electron chi connectivity index (χ1n) is 5.95. The molecule has 0 saturated carbocycles. The summed E-state index contributed by atoms with van der Waals surface area (Å²) >= 11 is 9.41. The Balaban J connectivity index is 2.03. The number of halogens is 2. The summed E-state index contributed by atoms with van der Waals surface area (Å²) in [6.07, 6.45) is 0. The first kappa shape index (κ1) is 14.3. The Morgan fingerprint density at radius 1 is 1.37 bits per heavy atom. The van der Waals surface area contributed by atoms with Crippen LogP contribution in [0, 0.1) is 11.3 Å². The molecule has 100 valence electrons. The highest BCUT2D eigenvalue weighted by Gasteiger charge is 2.23. The highest BCUT2D eigenvalue weighted by molar-refractivity contribution is 9.10.